The van der Waals surface area contributed by atoms with Crippen LogP contribution in [0.25, 0.3) is 0 Å². The topological polar surface area (TPSA) is 44.3 Å². The van der Waals surface area contributed by atoms with Crippen LogP contribution in [0.5, 0.6) is 5.75 Å². The Morgan fingerprint density at radius 3 is 2.41 bits per heavy atom. The molecule has 0 fully saturated rings. The van der Waals surface area contributed by atoms with Crippen LogP contribution in [0.15, 0.2) is 18.2 Å². The van der Waals surface area contributed by atoms with Gasteiger partial charge >= 0.3 is 0 Å². The SMILES string of the molecule is CCCCCCCCCCNC(=S)Nc1cc(Cl)ccc1O. The second-order valence-electron chi connectivity index (χ2n) is 5.52. The Labute approximate surface area is 144 Å². The lowest BCUT2D eigenvalue weighted by Gasteiger charge is -2.12. The van der Waals surface area contributed by atoms with Crippen molar-refractivity contribution in [2.24, 2.45) is 0 Å². The molecule has 0 spiro atoms. The lowest BCUT2D eigenvalue weighted by atomic mass is 10.1. The van der Waals surface area contributed by atoms with Crippen molar-refractivity contribution in [3.63, 3.8) is 0 Å². The number of unbranched alkanes of at least 4 members (excludes halogenated alkanes) is 7. The van der Waals surface area contributed by atoms with Crippen LogP contribution < -0.4 is 10.6 Å². The van der Waals surface area contributed by atoms with Gasteiger partial charge in [0.2, 0.25) is 0 Å². The highest BCUT2D eigenvalue weighted by Gasteiger charge is 2.03. The molecule has 0 aliphatic heterocycles. The molecule has 124 valence electrons. The van der Waals surface area contributed by atoms with Crippen LogP contribution in [0.1, 0.15) is 58.3 Å². The van der Waals surface area contributed by atoms with Crippen molar-refractivity contribution in [2.75, 3.05) is 11.9 Å². The number of rotatable bonds is 10. The van der Waals surface area contributed by atoms with E-state index in [0.29, 0.717) is 15.8 Å². The van der Waals surface area contributed by atoms with Crippen LogP contribution in [0.3, 0.4) is 0 Å². The average Bonchev–Trinajstić information content (AvgIpc) is 2.49. The molecule has 1 aromatic rings. The predicted molar refractivity (Wildman–Crippen MR) is 100.0 cm³/mol. The first kappa shape index (κ1) is 19.0. The summed E-state index contributed by atoms with van der Waals surface area (Å²) in [6.45, 7) is 3.09. The molecular formula is C17H27ClN2OS. The van der Waals surface area contributed by atoms with E-state index in [2.05, 4.69) is 17.6 Å². The number of phenolic OH excluding ortho intramolecular Hbond substituents is 1. The maximum absolute atomic E-state index is 9.71. The zero-order valence-electron chi connectivity index (χ0n) is 13.3. The summed E-state index contributed by atoms with van der Waals surface area (Å²) in [6.07, 6.45) is 10.3. The van der Waals surface area contributed by atoms with Crippen LogP contribution in [0.2, 0.25) is 5.02 Å². The number of anilines is 1. The van der Waals surface area contributed by atoms with Crippen molar-refractivity contribution >= 4 is 34.6 Å². The minimum Gasteiger partial charge on any atom is -0.506 e. The lowest BCUT2D eigenvalue weighted by Crippen LogP contribution is -2.29. The Morgan fingerprint density at radius 1 is 1.09 bits per heavy atom. The van der Waals surface area contributed by atoms with Gasteiger partial charge in [-0.15, -0.1) is 0 Å². The summed E-state index contributed by atoms with van der Waals surface area (Å²) < 4.78 is 0. The summed E-state index contributed by atoms with van der Waals surface area (Å²) in [7, 11) is 0. The third-order valence-corrected chi connectivity index (χ3v) is 4.00. The monoisotopic (exact) mass is 342 g/mol. The molecule has 0 amide bonds. The molecule has 1 aromatic carbocycles. The normalized spacial score (nSPS) is 10.5. The van der Waals surface area contributed by atoms with E-state index >= 15 is 0 Å². The molecule has 3 N–H and O–H groups in total. The number of thiocarbonyl (C=S) groups is 1. The summed E-state index contributed by atoms with van der Waals surface area (Å²) in [5.74, 6) is 0.139. The number of halogens is 1. The van der Waals surface area contributed by atoms with Crippen molar-refractivity contribution in [1.82, 2.24) is 5.32 Å². The van der Waals surface area contributed by atoms with E-state index in [0.717, 1.165) is 13.0 Å². The molecule has 0 heterocycles. The Hall–Kier alpha value is -1.00. The summed E-state index contributed by atoms with van der Waals surface area (Å²) in [5, 5.41) is 16.9. The number of phenols is 1. The van der Waals surface area contributed by atoms with E-state index in [1.165, 1.54) is 44.9 Å². The minimum atomic E-state index is 0.139. The van der Waals surface area contributed by atoms with E-state index in [1.807, 2.05) is 0 Å². The van der Waals surface area contributed by atoms with Gasteiger partial charge in [0.25, 0.3) is 0 Å². The molecule has 0 aliphatic rings. The van der Waals surface area contributed by atoms with Gasteiger partial charge in [0.15, 0.2) is 5.11 Å². The van der Waals surface area contributed by atoms with Gasteiger partial charge in [-0.25, -0.2) is 0 Å². The molecule has 1 rings (SSSR count). The number of hydrogen-bond acceptors (Lipinski definition) is 2. The summed E-state index contributed by atoms with van der Waals surface area (Å²) in [6, 6.07) is 4.84. The molecule has 0 unspecified atom stereocenters. The van der Waals surface area contributed by atoms with Gasteiger partial charge in [-0.05, 0) is 36.8 Å². The summed E-state index contributed by atoms with van der Waals surface area (Å²) in [4.78, 5) is 0. The van der Waals surface area contributed by atoms with Gasteiger partial charge in [-0.3, -0.25) is 0 Å². The molecule has 5 heteroatoms. The van der Waals surface area contributed by atoms with Crippen LogP contribution in [0, 0.1) is 0 Å². The fourth-order valence-corrected chi connectivity index (χ4v) is 2.62. The standard InChI is InChI=1S/C17H27ClN2OS/c1-2-3-4-5-6-7-8-9-12-19-17(22)20-15-13-14(18)10-11-16(15)21/h10-11,13,21H,2-9,12H2,1H3,(H2,19,20,22). The lowest BCUT2D eigenvalue weighted by molar-refractivity contribution is 0.478. The average molecular weight is 343 g/mol. The Kier molecular flexibility index (Phi) is 10.0. The van der Waals surface area contributed by atoms with Crippen molar-refractivity contribution in [3.8, 4) is 5.75 Å². The van der Waals surface area contributed by atoms with Crippen LogP contribution in [-0.2, 0) is 0 Å². The van der Waals surface area contributed by atoms with Gasteiger partial charge in [-0.2, -0.15) is 0 Å². The van der Waals surface area contributed by atoms with Crippen LogP contribution >= 0.6 is 23.8 Å². The van der Waals surface area contributed by atoms with Crippen molar-refractivity contribution in [1.29, 1.82) is 0 Å². The second-order valence-corrected chi connectivity index (χ2v) is 6.36. The van der Waals surface area contributed by atoms with E-state index in [9.17, 15) is 5.11 Å². The van der Waals surface area contributed by atoms with Gasteiger partial charge in [-0.1, -0.05) is 63.5 Å². The van der Waals surface area contributed by atoms with Crippen molar-refractivity contribution in [2.45, 2.75) is 58.3 Å². The van der Waals surface area contributed by atoms with E-state index < -0.39 is 0 Å². The zero-order chi connectivity index (χ0) is 16.2. The summed E-state index contributed by atoms with van der Waals surface area (Å²) in [5.41, 5.74) is 0.529. The number of aromatic hydroxyl groups is 1. The fourth-order valence-electron chi connectivity index (χ4n) is 2.24. The molecule has 0 atom stereocenters. The molecule has 0 aromatic heterocycles. The third-order valence-electron chi connectivity index (χ3n) is 3.52. The number of hydrogen-bond donors (Lipinski definition) is 3. The van der Waals surface area contributed by atoms with Gasteiger partial charge in [0.1, 0.15) is 5.75 Å². The van der Waals surface area contributed by atoms with Crippen LogP contribution in [-0.4, -0.2) is 16.8 Å². The van der Waals surface area contributed by atoms with Crippen molar-refractivity contribution in [3.05, 3.63) is 23.2 Å². The highest BCUT2D eigenvalue weighted by atomic mass is 35.5. The van der Waals surface area contributed by atoms with Gasteiger partial charge < -0.3 is 15.7 Å². The number of benzene rings is 1. The molecule has 0 saturated carbocycles. The largest absolute Gasteiger partial charge is 0.506 e. The first-order valence-electron chi connectivity index (χ1n) is 8.17. The predicted octanol–water partition coefficient (Wildman–Crippen LogP) is 5.47. The second kappa shape index (κ2) is 11.6. The quantitative estimate of drug-likeness (QED) is 0.299. The smallest absolute Gasteiger partial charge is 0.170 e. The maximum Gasteiger partial charge on any atom is 0.170 e. The van der Waals surface area contributed by atoms with Gasteiger partial charge in [0, 0.05) is 11.6 Å². The fraction of sp³-hybridized carbons (Fsp3) is 0.588. The minimum absolute atomic E-state index is 0.139. The van der Waals surface area contributed by atoms with Gasteiger partial charge in [0.05, 0.1) is 5.69 Å². The van der Waals surface area contributed by atoms with E-state index in [4.69, 9.17) is 23.8 Å². The first-order valence-corrected chi connectivity index (χ1v) is 8.95. The summed E-state index contributed by atoms with van der Waals surface area (Å²) >= 11 is 11.1. The highest BCUT2D eigenvalue weighted by molar-refractivity contribution is 7.80. The zero-order valence-corrected chi connectivity index (χ0v) is 14.9. The van der Waals surface area contributed by atoms with Crippen molar-refractivity contribution < 1.29 is 5.11 Å². The Morgan fingerprint density at radius 2 is 1.73 bits per heavy atom. The first-order chi connectivity index (χ1) is 10.6. The van der Waals surface area contributed by atoms with E-state index in [-0.39, 0.29) is 5.75 Å². The molecular weight excluding hydrogens is 316 g/mol. The van der Waals surface area contributed by atoms with Crippen LogP contribution in [0.4, 0.5) is 5.69 Å². The molecule has 0 radical (unpaired) electrons. The molecule has 0 aliphatic carbocycles. The maximum atomic E-state index is 9.71. The molecule has 0 bridgehead atoms. The Bertz CT molecular complexity index is 454. The molecule has 0 saturated heterocycles. The Balaban J connectivity index is 2.07. The highest BCUT2D eigenvalue weighted by Crippen LogP contribution is 2.26. The molecule has 22 heavy (non-hydrogen) atoms. The number of nitrogens with one attached hydrogen (secondary N) is 2. The third kappa shape index (κ3) is 8.44. The van der Waals surface area contributed by atoms with E-state index in [1.54, 1.807) is 18.2 Å². The molecule has 3 nitrogen and oxygen atoms in total.